The van der Waals surface area contributed by atoms with Crippen LogP contribution in [0.25, 0.3) is 10.9 Å². The SMILES string of the molecule is CCCC1NC(=O)C2CCCCN2C(=O)C(CCCCCC(=O)CC)NC(=O)C(Cc2cn(OC)c3ccccc23)NC1=O. The minimum Gasteiger partial charge on any atom is -0.417 e. The van der Waals surface area contributed by atoms with Gasteiger partial charge in [-0.05, 0) is 50.2 Å². The van der Waals surface area contributed by atoms with Crippen molar-refractivity contribution in [3.8, 4) is 0 Å². The molecule has 1 aromatic carbocycles. The second kappa shape index (κ2) is 15.7. The van der Waals surface area contributed by atoms with E-state index < -0.39 is 36.0 Å². The first-order chi connectivity index (χ1) is 21.3. The predicted octanol–water partition coefficient (Wildman–Crippen LogP) is 2.82. The molecule has 4 atom stereocenters. The molecule has 4 rings (SSSR count). The molecule has 3 N–H and O–H groups in total. The highest BCUT2D eigenvalue weighted by Crippen LogP contribution is 2.24. The van der Waals surface area contributed by atoms with E-state index in [1.165, 1.54) is 0 Å². The Morgan fingerprint density at radius 3 is 2.36 bits per heavy atom. The Hall–Kier alpha value is -3.89. The predicted molar refractivity (Wildman–Crippen MR) is 167 cm³/mol. The molecule has 2 saturated heterocycles. The van der Waals surface area contributed by atoms with E-state index in [1.54, 1.807) is 22.9 Å². The summed E-state index contributed by atoms with van der Waals surface area (Å²) in [5, 5.41) is 9.66. The van der Waals surface area contributed by atoms with Gasteiger partial charge in [-0.2, -0.15) is 4.73 Å². The lowest BCUT2D eigenvalue weighted by Crippen LogP contribution is -2.63. The number of benzene rings is 1. The zero-order chi connectivity index (χ0) is 31.6. The number of Topliss-reactive ketones (excluding diaryl/α,β-unsaturated/α-hetero) is 1. The van der Waals surface area contributed by atoms with Gasteiger partial charge in [-0.3, -0.25) is 24.0 Å². The summed E-state index contributed by atoms with van der Waals surface area (Å²) in [6.07, 6.45) is 8.54. The van der Waals surface area contributed by atoms with E-state index in [0.717, 1.165) is 42.1 Å². The summed E-state index contributed by atoms with van der Waals surface area (Å²) in [6.45, 7) is 4.19. The third kappa shape index (κ3) is 7.98. The van der Waals surface area contributed by atoms with Crippen molar-refractivity contribution in [3.05, 3.63) is 36.0 Å². The van der Waals surface area contributed by atoms with E-state index in [0.29, 0.717) is 51.5 Å². The number of hydrogen-bond acceptors (Lipinski definition) is 6. The number of carbonyl (C=O) groups excluding carboxylic acids is 5. The zero-order valence-corrected chi connectivity index (χ0v) is 26.2. The van der Waals surface area contributed by atoms with Crippen LogP contribution in [0.1, 0.15) is 90.0 Å². The molecule has 0 radical (unpaired) electrons. The Kier molecular flexibility index (Phi) is 11.8. The molecule has 0 spiro atoms. The standard InChI is InChI=1S/C33H47N5O6/c1-4-13-25-30(40)36-27(20-22-21-38(44-3)28-17-10-9-15-24(22)28)31(41)35-26(16-8-6-7-14-23(39)5-2)33(43)37-19-12-11-18-29(37)32(42)34-25/h9-10,15,17,21,25-27,29H,4-8,11-14,16,18-20H2,1-3H3,(H,34,42)(H,35,41)(H,36,40). The van der Waals surface area contributed by atoms with Gasteiger partial charge in [0.2, 0.25) is 23.6 Å². The van der Waals surface area contributed by atoms with Crippen LogP contribution in [-0.4, -0.2) is 76.9 Å². The van der Waals surface area contributed by atoms with Crippen LogP contribution in [0.15, 0.2) is 30.5 Å². The van der Waals surface area contributed by atoms with Crippen LogP contribution < -0.4 is 20.8 Å². The minimum atomic E-state index is -0.996. The van der Waals surface area contributed by atoms with E-state index in [2.05, 4.69) is 16.0 Å². The van der Waals surface area contributed by atoms with Crippen LogP contribution in [0.4, 0.5) is 0 Å². The molecule has 2 aliphatic heterocycles. The molecule has 11 heteroatoms. The molecule has 2 aliphatic rings. The van der Waals surface area contributed by atoms with Gasteiger partial charge in [0.15, 0.2) is 0 Å². The molecular weight excluding hydrogens is 562 g/mol. The smallest absolute Gasteiger partial charge is 0.245 e. The first-order valence-corrected chi connectivity index (χ1v) is 16.1. The van der Waals surface area contributed by atoms with Gasteiger partial charge in [0.1, 0.15) is 37.1 Å². The van der Waals surface area contributed by atoms with Crippen molar-refractivity contribution >= 4 is 40.3 Å². The van der Waals surface area contributed by atoms with Crippen LogP contribution >= 0.6 is 0 Å². The van der Waals surface area contributed by atoms with Crippen molar-refractivity contribution in [1.29, 1.82) is 0 Å². The van der Waals surface area contributed by atoms with Gasteiger partial charge in [-0.15, -0.1) is 0 Å². The van der Waals surface area contributed by atoms with Crippen molar-refractivity contribution in [2.24, 2.45) is 0 Å². The summed E-state index contributed by atoms with van der Waals surface area (Å²) < 4.78 is 1.62. The van der Waals surface area contributed by atoms with Crippen molar-refractivity contribution in [3.63, 3.8) is 0 Å². The molecule has 4 unspecified atom stereocenters. The summed E-state index contributed by atoms with van der Waals surface area (Å²) in [4.78, 5) is 74.0. The average Bonchev–Trinajstić information content (AvgIpc) is 3.39. The average molecular weight is 610 g/mol. The van der Waals surface area contributed by atoms with E-state index in [4.69, 9.17) is 4.84 Å². The van der Waals surface area contributed by atoms with Gasteiger partial charge < -0.3 is 25.7 Å². The molecule has 3 heterocycles. The minimum absolute atomic E-state index is 0.160. The molecule has 44 heavy (non-hydrogen) atoms. The summed E-state index contributed by atoms with van der Waals surface area (Å²) in [6, 6.07) is 4.26. The van der Waals surface area contributed by atoms with Gasteiger partial charge >= 0.3 is 0 Å². The molecule has 0 bridgehead atoms. The van der Waals surface area contributed by atoms with Crippen LogP contribution in [0, 0.1) is 0 Å². The summed E-state index contributed by atoms with van der Waals surface area (Å²) in [5.41, 5.74) is 1.62. The molecule has 2 aromatic rings. The number of rotatable bonds is 12. The number of fused-ring (bicyclic) bond motifs is 2. The highest BCUT2D eigenvalue weighted by atomic mass is 16.6. The van der Waals surface area contributed by atoms with Crippen LogP contribution in [0.5, 0.6) is 0 Å². The number of amides is 4. The number of piperidine rings is 1. The van der Waals surface area contributed by atoms with E-state index in [1.807, 2.05) is 38.1 Å². The molecule has 2 fully saturated rings. The van der Waals surface area contributed by atoms with Gasteiger partial charge in [-0.1, -0.05) is 51.3 Å². The second-order valence-electron chi connectivity index (χ2n) is 11.9. The van der Waals surface area contributed by atoms with Crippen LogP contribution in [0.2, 0.25) is 0 Å². The van der Waals surface area contributed by atoms with Crippen molar-refractivity contribution in [2.75, 3.05) is 13.7 Å². The Morgan fingerprint density at radius 1 is 0.886 bits per heavy atom. The number of nitrogens with one attached hydrogen (secondary N) is 3. The fourth-order valence-corrected chi connectivity index (χ4v) is 6.28. The number of nitrogens with zero attached hydrogens (tertiary/aromatic N) is 2. The number of ketones is 1. The molecular formula is C33H47N5O6. The van der Waals surface area contributed by atoms with Gasteiger partial charge in [0, 0.05) is 37.4 Å². The fourth-order valence-electron chi connectivity index (χ4n) is 6.28. The monoisotopic (exact) mass is 609 g/mol. The number of carbonyl (C=O) groups is 5. The van der Waals surface area contributed by atoms with Crippen molar-refractivity contribution in [2.45, 2.75) is 115 Å². The maximum atomic E-state index is 14.0. The lowest BCUT2D eigenvalue weighted by molar-refractivity contribution is -0.147. The second-order valence-corrected chi connectivity index (χ2v) is 11.9. The highest BCUT2D eigenvalue weighted by Gasteiger charge is 2.39. The Morgan fingerprint density at radius 2 is 1.61 bits per heavy atom. The lowest BCUT2D eigenvalue weighted by Gasteiger charge is -2.38. The summed E-state index contributed by atoms with van der Waals surface area (Å²) in [5.74, 6) is -1.30. The van der Waals surface area contributed by atoms with E-state index in [-0.39, 0.29) is 24.0 Å². The zero-order valence-electron chi connectivity index (χ0n) is 26.2. The molecule has 4 amide bonds. The molecule has 11 nitrogen and oxygen atoms in total. The van der Waals surface area contributed by atoms with Crippen molar-refractivity contribution < 1.29 is 28.8 Å². The van der Waals surface area contributed by atoms with E-state index in [9.17, 15) is 24.0 Å². The molecule has 1 aromatic heterocycles. The number of aromatic nitrogens is 1. The van der Waals surface area contributed by atoms with Gasteiger partial charge in [0.25, 0.3) is 0 Å². The summed E-state index contributed by atoms with van der Waals surface area (Å²) >= 11 is 0. The largest absolute Gasteiger partial charge is 0.417 e. The van der Waals surface area contributed by atoms with Crippen molar-refractivity contribution in [1.82, 2.24) is 25.6 Å². The van der Waals surface area contributed by atoms with Crippen LogP contribution in [-0.2, 0) is 30.4 Å². The van der Waals surface area contributed by atoms with E-state index >= 15 is 0 Å². The Balaban J connectivity index is 1.64. The molecule has 240 valence electrons. The molecule has 0 saturated carbocycles. The lowest BCUT2D eigenvalue weighted by atomic mass is 9.96. The fraction of sp³-hybridized carbons (Fsp3) is 0.606. The number of hydrogen-bond donors (Lipinski definition) is 3. The molecule has 0 aliphatic carbocycles. The highest BCUT2D eigenvalue weighted by molar-refractivity contribution is 5.98. The van der Waals surface area contributed by atoms with Crippen LogP contribution in [0.3, 0.4) is 0 Å². The third-order valence-electron chi connectivity index (χ3n) is 8.77. The first kappa shape index (κ1) is 33.0. The number of unbranched alkanes of at least 4 members (excludes halogenated alkanes) is 2. The van der Waals surface area contributed by atoms with Gasteiger partial charge in [0.05, 0.1) is 5.52 Å². The number of para-hydroxylation sites is 1. The maximum Gasteiger partial charge on any atom is 0.245 e. The Bertz CT molecular complexity index is 1340. The quantitative estimate of drug-likeness (QED) is 0.317. The van der Waals surface area contributed by atoms with Gasteiger partial charge in [-0.25, -0.2) is 0 Å². The third-order valence-corrected chi connectivity index (χ3v) is 8.77. The normalized spacial score (nSPS) is 23.2. The maximum absolute atomic E-state index is 14.0. The Labute approximate surface area is 259 Å². The topological polar surface area (TPSA) is 139 Å². The summed E-state index contributed by atoms with van der Waals surface area (Å²) in [7, 11) is 1.56. The first-order valence-electron chi connectivity index (χ1n) is 16.1.